The van der Waals surface area contributed by atoms with Gasteiger partial charge in [-0.3, -0.25) is 0 Å². The van der Waals surface area contributed by atoms with Gasteiger partial charge in [0, 0.05) is 24.6 Å². The van der Waals surface area contributed by atoms with E-state index in [0.717, 1.165) is 17.0 Å². The lowest BCUT2D eigenvalue weighted by Gasteiger charge is -2.24. The smallest absolute Gasteiger partial charge is 0.322 e. The summed E-state index contributed by atoms with van der Waals surface area (Å²) < 4.78 is 16.0. The lowest BCUT2D eigenvalue weighted by Crippen LogP contribution is -2.40. The van der Waals surface area contributed by atoms with Crippen molar-refractivity contribution in [1.29, 1.82) is 0 Å². The van der Waals surface area contributed by atoms with Gasteiger partial charge in [-0.2, -0.15) is 0 Å². The highest BCUT2D eigenvalue weighted by Crippen LogP contribution is 2.29. The number of carbonyl (C=O) groups excluding carboxylic acids is 1. The molecule has 0 radical (unpaired) electrons. The van der Waals surface area contributed by atoms with Crippen molar-refractivity contribution in [3.63, 3.8) is 0 Å². The van der Waals surface area contributed by atoms with Crippen LogP contribution >= 0.6 is 0 Å². The van der Waals surface area contributed by atoms with Crippen LogP contribution in [0.25, 0.3) is 0 Å². The van der Waals surface area contributed by atoms with Gasteiger partial charge in [-0.25, -0.2) is 4.79 Å². The molecule has 0 aliphatic carbocycles. The van der Waals surface area contributed by atoms with Gasteiger partial charge in [0.1, 0.15) is 17.2 Å². The van der Waals surface area contributed by atoms with E-state index in [-0.39, 0.29) is 12.1 Å². The van der Waals surface area contributed by atoms with Crippen LogP contribution in [0.1, 0.15) is 12.0 Å². The first-order valence-electron chi connectivity index (χ1n) is 9.84. The molecule has 1 aliphatic rings. The minimum Gasteiger partial charge on any atom is -0.497 e. The zero-order chi connectivity index (χ0) is 22.2. The summed E-state index contributed by atoms with van der Waals surface area (Å²) >= 11 is 0. The molecule has 2 aromatic carbocycles. The summed E-state index contributed by atoms with van der Waals surface area (Å²) in [5.41, 5.74) is 2.22. The van der Waals surface area contributed by atoms with Crippen molar-refractivity contribution in [2.45, 2.75) is 12.5 Å². The number of amides is 2. The Bertz CT molecular complexity index is 960. The largest absolute Gasteiger partial charge is 0.497 e. The summed E-state index contributed by atoms with van der Waals surface area (Å²) in [4.78, 5) is 20.2. The number of oxime groups is 1. The molecule has 0 fully saturated rings. The van der Waals surface area contributed by atoms with Gasteiger partial charge in [0.05, 0.1) is 39.3 Å². The van der Waals surface area contributed by atoms with E-state index in [1.165, 1.54) is 7.11 Å². The van der Waals surface area contributed by atoms with Gasteiger partial charge in [-0.15, -0.1) is 6.58 Å². The van der Waals surface area contributed by atoms with Crippen LogP contribution in [-0.4, -0.2) is 57.2 Å². The van der Waals surface area contributed by atoms with Gasteiger partial charge >= 0.3 is 6.03 Å². The maximum absolute atomic E-state index is 12.9. The van der Waals surface area contributed by atoms with E-state index in [1.807, 2.05) is 24.3 Å². The van der Waals surface area contributed by atoms with E-state index in [4.69, 9.17) is 19.0 Å². The Hall–Kier alpha value is -3.68. The third-order valence-corrected chi connectivity index (χ3v) is 4.86. The number of urea groups is 1. The lowest BCUT2D eigenvalue weighted by atomic mass is 10.0. The molecule has 31 heavy (non-hydrogen) atoms. The monoisotopic (exact) mass is 425 g/mol. The van der Waals surface area contributed by atoms with Crippen molar-refractivity contribution < 1.29 is 23.8 Å². The molecule has 3 rings (SSSR count). The highest BCUT2D eigenvalue weighted by Gasteiger charge is 2.28. The summed E-state index contributed by atoms with van der Waals surface area (Å²) in [6.07, 6.45) is 1.96. The van der Waals surface area contributed by atoms with Gasteiger partial charge in [0.2, 0.25) is 0 Å². The van der Waals surface area contributed by atoms with Crippen LogP contribution in [0, 0.1) is 0 Å². The maximum Gasteiger partial charge on any atom is 0.322 e. The number of para-hydroxylation sites is 1. The second kappa shape index (κ2) is 10.4. The van der Waals surface area contributed by atoms with E-state index in [2.05, 4.69) is 17.1 Å². The number of benzene rings is 2. The predicted octanol–water partition coefficient (Wildman–Crippen LogP) is 3.93. The van der Waals surface area contributed by atoms with E-state index >= 15 is 0 Å². The summed E-state index contributed by atoms with van der Waals surface area (Å²) in [5, 5.41) is 7.10. The SMILES string of the molecule is C=CCN(C[C@@H]1CC(c2ccccc2OC)=NO1)C(=O)Nc1ccc(OC)cc1OC. The van der Waals surface area contributed by atoms with Gasteiger partial charge in [0.25, 0.3) is 0 Å². The third-order valence-electron chi connectivity index (χ3n) is 4.86. The average Bonchev–Trinajstić information content (AvgIpc) is 3.27. The fourth-order valence-electron chi connectivity index (χ4n) is 3.31. The molecular formula is C23H27N3O5. The third kappa shape index (κ3) is 5.28. The van der Waals surface area contributed by atoms with Crippen LogP contribution in [0.2, 0.25) is 0 Å². The fourth-order valence-corrected chi connectivity index (χ4v) is 3.31. The van der Waals surface area contributed by atoms with Crippen molar-refractivity contribution >= 4 is 17.4 Å². The van der Waals surface area contributed by atoms with Crippen molar-refractivity contribution in [3.05, 3.63) is 60.7 Å². The normalized spacial score (nSPS) is 14.8. The molecule has 0 saturated heterocycles. The second-order valence-corrected chi connectivity index (χ2v) is 6.86. The molecule has 1 atom stereocenters. The standard InChI is InChI=1S/C23H27N3O5/c1-5-12-26(23(27)24-19-11-10-16(28-2)14-22(19)30-4)15-17-13-20(25-31-17)18-8-6-7-9-21(18)29-3/h5-11,14,17H,1,12-13,15H2,2-4H3,(H,24,27)/t17-/m0/s1. The Morgan fingerprint density at radius 3 is 2.68 bits per heavy atom. The molecule has 164 valence electrons. The first kappa shape index (κ1) is 22.0. The minimum atomic E-state index is -0.294. The quantitative estimate of drug-likeness (QED) is 0.616. The fraction of sp³-hybridized carbons (Fsp3) is 0.304. The van der Waals surface area contributed by atoms with Crippen molar-refractivity contribution in [1.82, 2.24) is 4.90 Å². The average molecular weight is 425 g/mol. The first-order valence-corrected chi connectivity index (χ1v) is 9.84. The molecule has 8 nitrogen and oxygen atoms in total. The number of carbonyl (C=O) groups is 1. The van der Waals surface area contributed by atoms with Crippen LogP contribution in [0.4, 0.5) is 10.5 Å². The number of nitrogens with one attached hydrogen (secondary N) is 1. The predicted molar refractivity (Wildman–Crippen MR) is 119 cm³/mol. The molecule has 1 aliphatic heterocycles. The van der Waals surface area contributed by atoms with Gasteiger partial charge in [0.15, 0.2) is 6.10 Å². The highest BCUT2D eigenvalue weighted by atomic mass is 16.6. The number of rotatable bonds is 9. The number of ether oxygens (including phenoxy) is 3. The molecular weight excluding hydrogens is 398 g/mol. The topological polar surface area (TPSA) is 81.6 Å². The Balaban J connectivity index is 1.66. The Kier molecular flexibility index (Phi) is 7.37. The van der Waals surface area contributed by atoms with Crippen LogP contribution in [0.15, 0.2) is 60.3 Å². The molecule has 0 aromatic heterocycles. The molecule has 0 unspecified atom stereocenters. The summed E-state index contributed by atoms with van der Waals surface area (Å²) in [6, 6.07) is 12.5. The molecule has 2 aromatic rings. The molecule has 1 heterocycles. The summed E-state index contributed by atoms with van der Waals surface area (Å²) in [5.74, 6) is 1.88. The van der Waals surface area contributed by atoms with Crippen LogP contribution in [0.3, 0.4) is 0 Å². The Morgan fingerprint density at radius 2 is 1.97 bits per heavy atom. The minimum absolute atomic E-state index is 0.275. The van der Waals surface area contributed by atoms with Crippen molar-refractivity contribution in [2.24, 2.45) is 5.16 Å². The number of methoxy groups -OCH3 is 3. The van der Waals surface area contributed by atoms with E-state index in [0.29, 0.717) is 36.7 Å². The summed E-state index contributed by atoms with van der Waals surface area (Å²) in [6.45, 7) is 4.46. The first-order chi connectivity index (χ1) is 15.1. The molecule has 0 bridgehead atoms. The zero-order valence-electron chi connectivity index (χ0n) is 18.0. The number of hydrogen-bond donors (Lipinski definition) is 1. The van der Waals surface area contributed by atoms with Crippen molar-refractivity contribution in [2.75, 3.05) is 39.7 Å². The van der Waals surface area contributed by atoms with Crippen LogP contribution < -0.4 is 19.5 Å². The number of anilines is 1. The number of nitrogens with zero attached hydrogens (tertiary/aromatic N) is 2. The van der Waals surface area contributed by atoms with Crippen LogP contribution in [0.5, 0.6) is 17.2 Å². The number of hydrogen-bond acceptors (Lipinski definition) is 6. The molecule has 0 saturated carbocycles. The lowest BCUT2D eigenvalue weighted by molar-refractivity contribution is 0.0645. The Labute approximate surface area is 182 Å². The van der Waals surface area contributed by atoms with E-state index < -0.39 is 0 Å². The zero-order valence-corrected chi connectivity index (χ0v) is 18.0. The molecule has 1 N–H and O–H groups in total. The molecule has 8 heteroatoms. The van der Waals surface area contributed by atoms with E-state index in [9.17, 15) is 4.79 Å². The van der Waals surface area contributed by atoms with Crippen LogP contribution in [-0.2, 0) is 4.84 Å². The second-order valence-electron chi connectivity index (χ2n) is 6.86. The van der Waals surface area contributed by atoms with E-state index in [1.54, 1.807) is 43.4 Å². The summed E-state index contributed by atoms with van der Waals surface area (Å²) in [7, 11) is 4.73. The Morgan fingerprint density at radius 1 is 1.19 bits per heavy atom. The maximum atomic E-state index is 12.9. The van der Waals surface area contributed by atoms with Gasteiger partial charge < -0.3 is 29.3 Å². The van der Waals surface area contributed by atoms with Gasteiger partial charge in [-0.05, 0) is 24.3 Å². The molecule has 0 spiro atoms. The molecule has 2 amide bonds. The van der Waals surface area contributed by atoms with Gasteiger partial charge in [-0.1, -0.05) is 23.4 Å². The highest BCUT2D eigenvalue weighted by molar-refractivity contribution is 6.03. The van der Waals surface area contributed by atoms with Crippen molar-refractivity contribution in [3.8, 4) is 17.2 Å².